The van der Waals surface area contributed by atoms with Crippen LogP contribution < -0.4 is 11.0 Å². The SMILES string of the molecule is CCCCNC(=O)Cn1c(=O)n(CCC)c2cc(-c3cc(Cl)cc(Cl)c3)cnc21. The van der Waals surface area contributed by atoms with Gasteiger partial charge in [-0.05, 0) is 42.7 Å². The summed E-state index contributed by atoms with van der Waals surface area (Å²) in [6.45, 7) is 5.15. The number of halogens is 2. The maximum Gasteiger partial charge on any atom is 0.330 e. The molecule has 3 aromatic rings. The van der Waals surface area contributed by atoms with E-state index >= 15 is 0 Å². The molecule has 0 saturated heterocycles. The predicted molar refractivity (Wildman–Crippen MR) is 118 cm³/mol. The van der Waals surface area contributed by atoms with Crippen molar-refractivity contribution in [3.05, 3.63) is 51.0 Å². The van der Waals surface area contributed by atoms with Crippen molar-refractivity contribution in [1.29, 1.82) is 0 Å². The number of pyridine rings is 1. The Labute approximate surface area is 179 Å². The van der Waals surface area contributed by atoms with Crippen LogP contribution in [0.5, 0.6) is 0 Å². The lowest BCUT2D eigenvalue weighted by molar-refractivity contribution is -0.121. The second kappa shape index (κ2) is 9.46. The Balaban J connectivity index is 2.04. The zero-order chi connectivity index (χ0) is 21.0. The van der Waals surface area contributed by atoms with Crippen LogP contribution in [0.4, 0.5) is 0 Å². The highest BCUT2D eigenvalue weighted by atomic mass is 35.5. The van der Waals surface area contributed by atoms with Gasteiger partial charge in [-0.1, -0.05) is 43.5 Å². The molecule has 0 fully saturated rings. The van der Waals surface area contributed by atoms with Crippen LogP contribution in [0.3, 0.4) is 0 Å². The summed E-state index contributed by atoms with van der Waals surface area (Å²) in [6.07, 6.45) is 4.36. The first-order valence-electron chi connectivity index (χ1n) is 9.76. The molecule has 29 heavy (non-hydrogen) atoms. The van der Waals surface area contributed by atoms with Crippen LogP contribution in [0.15, 0.2) is 35.3 Å². The molecule has 0 aliphatic rings. The molecule has 0 atom stereocenters. The summed E-state index contributed by atoms with van der Waals surface area (Å²) >= 11 is 12.3. The first-order chi connectivity index (χ1) is 13.9. The summed E-state index contributed by atoms with van der Waals surface area (Å²) in [5.74, 6) is -0.191. The summed E-state index contributed by atoms with van der Waals surface area (Å²) in [6, 6.07) is 7.17. The van der Waals surface area contributed by atoms with Gasteiger partial charge < -0.3 is 5.32 Å². The second-order valence-corrected chi connectivity index (χ2v) is 7.82. The van der Waals surface area contributed by atoms with Crippen LogP contribution in [-0.2, 0) is 17.9 Å². The van der Waals surface area contributed by atoms with E-state index in [9.17, 15) is 9.59 Å². The van der Waals surface area contributed by atoms with Gasteiger partial charge in [0.1, 0.15) is 6.54 Å². The van der Waals surface area contributed by atoms with Gasteiger partial charge in [0.2, 0.25) is 5.91 Å². The Morgan fingerprint density at radius 3 is 2.41 bits per heavy atom. The number of aryl methyl sites for hydroxylation is 1. The number of amides is 1. The molecule has 0 aliphatic heterocycles. The van der Waals surface area contributed by atoms with Crippen LogP contribution >= 0.6 is 23.2 Å². The molecule has 0 unspecified atom stereocenters. The molecular formula is C21H24Cl2N4O2. The van der Waals surface area contributed by atoms with Gasteiger partial charge in [-0.15, -0.1) is 0 Å². The monoisotopic (exact) mass is 434 g/mol. The van der Waals surface area contributed by atoms with Crippen molar-refractivity contribution in [2.45, 2.75) is 46.2 Å². The standard InChI is InChI=1S/C21H24Cl2N4O2/c1-3-5-6-24-19(28)13-27-20-18(26(7-4-2)21(27)29)10-15(12-25-20)14-8-16(22)11-17(23)9-14/h8-12H,3-7,13H2,1-2H3,(H,24,28). The average molecular weight is 435 g/mol. The van der Waals surface area contributed by atoms with E-state index in [2.05, 4.69) is 17.2 Å². The largest absolute Gasteiger partial charge is 0.355 e. The molecule has 154 valence electrons. The highest BCUT2D eigenvalue weighted by Crippen LogP contribution is 2.28. The van der Waals surface area contributed by atoms with Gasteiger partial charge in [-0.2, -0.15) is 0 Å². The molecule has 2 heterocycles. The zero-order valence-corrected chi connectivity index (χ0v) is 18.1. The number of nitrogens with zero attached hydrogens (tertiary/aromatic N) is 3. The number of fused-ring (bicyclic) bond motifs is 1. The number of imidazole rings is 1. The van der Waals surface area contributed by atoms with Gasteiger partial charge in [-0.25, -0.2) is 9.78 Å². The van der Waals surface area contributed by atoms with Gasteiger partial charge >= 0.3 is 5.69 Å². The van der Waals surface area contributed by atoms with Crippen molar-refractivity contribution >= 4 is 40.3 Å². The smallest absolute Gasteiger partial charge is 0.330 e. The molecule has 0 bridgehead atoms. The molecule has 1 amide bonds. The molecule has 0 radical (unpaired) electrons. The first kappa shape index (κ1) is 21.4. The number of hydrogen-bond acceptors (Lipinski definition) is 3. The Morgan fingerprint density at radius 1 is 1.03 bits per heavy atom. The van der Waals surface area contributed by atoms with E-state index in [0.29, 0.717) is 34.3 Å². The molecule has 6 nitrogen and oxygen atoms in total. The number of rotatable bonds is 8. The lowest BCUT2D eigenvalue weighted by Crippen LogP contribution is -2.33. The summed E-state index contributed by atoms with van der Waals surface area (Å²) in [7, 11) is 0. The van der Waals surface area contributed by atoms with E-state index in [4.69, 9.17) is 23.2 Å². The minimum Gasteiger partial charge on any atom is -0.355 e. The van der Waals surface area contributed by atoms with Gasteiger partial charge in [-0.3, -0.25) is 13.9 Å². The molecule has 3 rings (SSSR count). The minimum absolute atomic E-state index is 0.0505. The van der Waals surface area contributed by atoms with Crippen molar-refractivity contribution in [1.82, 2.24) is 19.4 Å². The molecule has 0 spiro atoms. The van der Waals surface area contributed by atoms with Crippen LogP contribution in [-0.4, -0.2) is 26.6 Å². The van der Waals surface area contributed by atoms with Gasteiger partial charge in [0.05, 0.1) is 5.52 Å². The van der Waals surface area contributed by atoms with Crippen LogP contribution in [0.2, 0.25) is 10.0 Å². The number of unbranched alkanes of at least 4 members (excludes halogenated alkanes) is 1. The Bertz CT molecular complexity index is 1070. The molecular weight excluding hydrogens is 411 g/mol. The summed E-state index contributed by atoms with van der Waals surface area (Å²) < 4.78 is 3.10. The molecule has 8 heteroatoms. The molecule has 1 aromatic carbocycles. The van der Waals surface area contributed by atoms with Crippen LogP contribution in [0.25, 0.3) is 22.3 Å². The second-order valence-electron chi connectivity index (χ2n) is 6.95. The highest BCUT2D eigenvalue weighted by Gasteiger charge is 2.17. The number of benzene rings is 1. The van der Waals surface area contributed by atoms with Crippen LogP contribution in [0, 0.1) is 0 Å². The number of carbonyl (C=O) groups excluding carboxylic acids is 1. The van der Waals surface area contributed by atoms with E-state index in [0.717, 1.165) is 30.4 Å². The van der Waals surface area contributed by atoms with E-state index in [1.54, 1.807) is 29.0 Å². The van der Waals surface area contributed by atoms with E-state index in [1.807, 2.05) is 13.0 Å². The normalized spacial score (nSPS) is 11.2. The fourth-order valence-corrected chi connectivity index (χ4v) is 3.78. The summed E-state index contributed by atoms with van der Waals surface area (Å²) in [5.41, 5.74) is 2.56. The summed E-state index contributed by atoms with van der Waals surface area (Å²) in [5, 5.41) is 3.91. The average Bonchev–Trinajstić information content (AvgIpc) is 2.93. The fourth-order valence-electron chi connectivity index (χ4n) is 3.26. The lowest BCUT2D eigenvalue weighted by Gasteiger charge is -2.06. The molecule has 2 aromatic heterocycles. The maximum absolute atomic E-state index is 13.0. The quantitative estimate of drug-likeness (QED) is 0.530. The highest BCUT2D eigenvalue weighted by molar-refractivity contribution is 6.35. The van der Waals surface area contributed by atoms with E-state index in [-0.39, 0.29) is 18.1 Å². The molecule has 0 saturated carbocycles. The van der Waals surface area contributed by atoms with Crippen LogP contribution in [0.1, 0.15) is 33.1 Å². The third-order valence-corrected chi connectivity index (χ3v) is 5.09. The summed E-state index contributed by atoms with van der Waals surface area (Å²) in [4.78, 5) is 29.7. The van der Waals surface area contributed by atoms with Crippen molar-refractivity contribution in [2.24, 2.45) is 0 Å². The third kappa shape index (κ3) is 4.82. The number of aromatic nitrogens is 3. The number of carbonyl (C=O) groups is 1. The van der Waals surface area contributed by atoms with Crippen molar-refractivity contribution < 1.29 is 4.79 Å². The Kier molecular flexibility index (Phi) is 6.98. The topological polar surface area (TPSA) is 68.9 Å². The predicted octanol–water partition coefficient (Wildman–Crippen LogP) is 4.50. The molecule has 0 aliphatic carbocycles. The minimum atomic E-state index is -0.235. The fraction of sp³-hybridized carbons (Fsp3) is 0.381. The molecule has 1 N–H and O–H groups in total. The van der Waals surface area contributed by atoms with Crippen molar-refractivity contribution in [3.8, 4) is 11.1 Å². The maximum atomic E-state index is 13.0. The third-order valence-electron chi connectivity index (χ3n) is 4.65. The van der Waals surface area contributed by atoms with Gasteiger partial charge in [0.15, 0.2) is 5.65 Å². The van der Waals surface area contributed by atoms with Crippen molar-refractivity contribution in [3.63, 3.8) is 0 Å². The Morgan fingerprint density at radius 2 is 1.76 bits per heavy atom. The zero-order valence-electron chi connectivity index (χ0n) is 16.5. The van der Waals surface area contributed by atoms with E-state index in [1.165, 1.54) is 4.57 Å². The van der Waals surface area contributed by atoms with Gasteiger partial charge in [0, 0.05) is 34.9 Å². The number of nitrogens with one attached hydrogen (secondary N) is 1. The Hall–Kier alpha value is -2.31. The first-order valence-corrected chi connectivity index (χ1v) is 10.5. The van der Waals surface area contributed by atoms with Gasteiger partial charge in [0.25, 0.3) is 0 Å². The lowest BCUT2D eigenvalue weighted by atomic mass is 10.1. The van der Waals surface area contributed by atoms with E-state index < -0.39 is 0 Å². The number of hydrogen-bond donors (Lipinski definition) is 1. The van der Waals surface area contributed by atoms with Crippen molar-refractivity contribution in [2.75, 3.05) is 6.54 Å².